The van der Waals surface area contributed by atoms with E-state index in [0.717, 1.165) is 32.7 Å². The fourth-order valence-electron chi connectivity index (χ4n) is 3.82. The Hall–Kier alpha value is -1.96. The lowest BCUT2D eigenvalue weighted by atomic mass is 9.92. The molecule has 0 heterocycles. The van der Waals surface area contributed by atoms with Crippen molar-refractivity contribution >= 4 is 78.7 Å². The van der Waals surface area contributed by atoms with Gasteiger partial charge in [0.25, 0.3) is 0 Å². The Morgan fingerprint density at radius 3 is 1.82 bits per heavy atom. The Morgan fingerprint density at radius 1 is 0.429 bits per heavy atom. The number of halogens is 4. The van der Waals surface area contributed by atoms with Gasteiger partial charge in [0, 0.05) is 10.8 Å². The van der Waals surface area contributed by atoms with Gasteiger partial charge >= 0.3 is 0 Å². The van der Waals surface area contributed by atoms with Crippen LogP contribution in [0.1, 0.15) is 0 Å². The van der Waals surface area contributed by atoms with Crippen LogP contribution >= 0.6 is 46.4 Å². The third-order valence-electron chi connectivity index (χ3n) is 5.14. The highest BCUT2D eigenvalue weighted by Gasteiger charge is 2.18. The van der Waals surface area contributed by atoms with Crippen LogP contribution in [0.4, 0.5) is 0 Å². The molecule has 0 aromatic heterocycles. The fraction of sp³-hybridized carbons (Fsp3) is 0. The maximum absolute atomic E-state index is 6.63. The summed E-state index contributed by atoms with van der Waals surface area (Å²) in [4.78, 5) is 0. The molecular weight excluding hydrogens is 430 g/mol. The summed E-state index contributed by atoms with van der Waals surface area (Å²) in [5, 5.41) is 7.69. The summed E-state index contributed by atoms with van der Waals surface area (Å²) in [6.45, 7) is 0. The first kappa shape index (κ1) is 18.1. The second-order valence-electron chi connectivity index (χ2n) is 6.71. The maximum Gasteiger partial charge on any atom is 0.0800 e. The first-order valence-corrected chi connectivity index (χ1v) is 10.2. The van der Waals surface area contributed by atoms with E-state index in [9.17, 15) is 0 Å². The number of rotatable bonds is 1. The summed E-state index contributed by atoms with van der Waals surface area (Å²) in [6.07, 6.45) is 0. The molecule has 28 heavy (non-hydrogen) atoms. The van der Waals surface area contributed by atoms with E-state index in [1.54, 1.807) is 0 Å². The smallest absolute Gasteiger partial charge is 0.0800 e. The van der Waals surface area contributed by atoms with Crippen LogP contribution in [0.15, 0.2) is 72.8 Å². The zero-order valence-electron chi connectivity index (χ0n) is 14.4. The molecule has 0 amide bonds. The minimum Gasteiger partial charge on any atom is -0.0820 e. The lowest BCUT2D eigenvalue weighted by molar-refractivity contribution is 1.69. The molecule has 0 unspecified atom stereocenters. The van der Waals surface area contributed by atoms with Crippen LogP contribution in [-0.2, 0) is 0 Å². The Kier molecular flexibility index (Phi) is 4.41. The number of hydrogen-bond acceptors (Lipinski definition) is 0. The molecule has 0 aliphatic carbocycles. The van der Waals surface area contributed by atoms with E-state index < -0.39 is 0 Å². The van der Waals surface area contributed by atoms with E-state index in [2.05, 4.69) is 48.5 Å². The molecular formula is C24H12Cl4. The first-order valence-electron chi connectivity index (χ1n) is 8.73. The molecule has 0 atom stereocenters. The number of fused-ring (bicyclic) bond motifs is 3. The zero-order chi connectivity index (χ0) is 19.4. The van der Waals surface area contributed by atoms with Gasteiger partial charge in [-0.2, -0.15) is 0 Å². The average molecular weight is 442 g/mol. The molecule has 4 heteroatoms. The molecule has 5 aromatic carbocycles. The van der Waals surface area contributed by atoms with Crippen LogP contribution in [0, 0.1) is 0 Å². The molecule has 0 saturated carbocycles. The highest BCUT2D eigenvalue weighted by atomic mass is 35.5. The van der Waals surface area contributed by atoms with Crippen LogP contribution in [0.3, 0.4) is 0 Å². The standard InChI is InChI=1S/C24H12Cl4/c25-21-18-10-4-9-17(20(18)22(26)24(28)23(21)27)16-8-3-7-15-11-13-5-1-2-6-14(13)12-19(15)16/h1-12H. The van der Waals surface area contributed by atoms with Gasteiger partial charge in [-0.15, -0.1) is 0 Å². The molecule has 0 saturated heterocycles. The Labute approximate surface area is 182 Å². The van der Waals surface area contributed by atoms with Crippen LogP contribution in [0.2, 0.25) is 20.1 Å². The molecule has 0 aliphatic heterocycles. The Balaban J connectivity index is 1.93. The summed E-state index contributed by atoms with van der Waals surface area (Å²) >= 11 is 25.8. The highest BCUT2D eigenvalue weighted by Crippen LogP contribution is 2.47. The molecule has 5 rings (SSSR count). The van der Waals surface area contributed by atoms with E-state index in [1.165, 1.54) is 10.8 Å². The molecule has 0 fully saturated rings. The van der Waals surface area contributed by atoms with Crippen molar-refractivity contribution in [2.75, 3.05) is 0 Å². The molecule has 0 radical (unpaired) electrons. The van der Waals surface area contributed by atoms with Crippen molar-refractivity contribution in [1.82, 2.24) is 0 Å². The highest BCUT2D eigenvalue weighted by molar-refractivity contribution is 6.55. The van der Waals surface area contributed by atoms with Gasteiger partial charge < -0.3 is 0 Å². The lowest BCUT2D eigenvalue weighted by Crippen LogP contribution is -1.88. The normalized spacial score (nSPS) is 11.6. The Morgan fingerprint density at radius 2 is 1.04 bits per heavy atom. The summed E-state index contributed by atoms with van der Waals surface area (Å²) in [5.41, 5.74) is 2.05. The van der Waals surface area contributed by atoms with Gasteiger partial charge in [0.1, 0.15) is 0 Å². The zero-order valence-corrected chi connectivity index (χ0v) is 17.5. The molecule has 0 aliphatic rings. The van der Waals surface area contributed by atoms with E-state index in [1.807, 2.05) is 24.3 Å². The summed E-state index contributed by atoms with van der Waals surface area (Å²) in [7, 11) is 0. The van der Waals surface area contributed by atoms with Gasteiger partial charge in [-0.25, -0.2) is 0 Å². The molecule has 0 spiro atoms. The quantitative estimate of drug-likeness (QED) is 0.138. The summed E-state index contributed by atoms with van der Waals surface area (Å²) in [6, 6.07) is 24.9. The van der Waals surface area contributed by atoms with Crippen LogP contribution < -0.4 is 0 Å². The van der Waals surface area contributed by atoms with Gasteiger partial charge in [0.15, 0.2) is 0 Å². The van der Waals surface area contributed by atoms with Crippen LogP contribution in [0.5, 0.6) is 0 Å². The predicted octanol–water partition coefficient (Wildman–Crippen LogP) is 9.43. The first-order chi connectivity index (χ1) is 13.6. The Bertz CT molecular complexity index is 1400. The molecule has 0 N–H and O–H groups in total. The third-order valence-corrected chi connectivity index (χ3v) is 6.95. The molecule has 136 valence electrons. The van der Waals surface area contributed by atoms with Gasteiger partial charge in [0.05, 0.1) is 20.1 Å². The topological polar surface area (TPSA) is 0 Å². The minimum absolute atomic E-state index is 0.277. The van der Waals surface area contributed by atoms with Gasteiger partial charge in [-0.3, -0.25) is 0 Å². The fourth-order valence-corrected chi connectivity index (χ4v) is 4.85. The average Bonchev–Trinajstić information content (AvgIpc) is 2.73. The van der Waals surface area contributed by atoms with E-state index in [-0.39, 0.29) is 10.0 Å². The van der Waals surface area contributed by atoms with Crippen LogP contribution in [-0.4, -0.2) is 0 Å². The SMILES string of the molecule is Clc1c(Cl)c(Cl)c2c(-c3cccc4cc5ccccc5cc34)cccc2c1Cl. The molecule has 0 bridgehead atoms. The van der Waals surface area contributed by atoms with Crippen molar-refractivity contribution < 1.29 is 0 Å². The lowest BCUT2D eigenvalue weighted by Gasteiger charge is -2.15. The van der Waals surface area contributed by atoms with Gasteiger partial charge in [-0.05, 0) is 44.8 Å². The van der Waals surface area contributed by atoms with Crippen molar-refractivity contribution in [3.05, 3.63) is 92.9 Å². The molecule has 5 aromatic rings. The van der Waals surface area contributed by atoms with Crippen molar-refractivity contribution in [3.63, 3.8) is 0 Å². The summed E-state index contributed by atoms with van der Waals surface area (Å²) < 4.78 is 0. The van der Waals surface area contributed by atoms with E-state index in [0.29, 0.717) is 10.0 Å². The second-order valence-corrected chi connectivity index (χ2v) is 8.22. The van der Waals surface area contributed by atoms with E-state index in [4.69, 9.17) is 46.4 Å². The van der Waals surface area contributed by atoms with Crippen LogP contribution in [0.25, 0.3) is 43.4 Å². The van der Waals surface area contributed by atoms with Gasteiger partial charge in [0.2, 0.25) is 0 Å². The largest absolute Gasteiger partial charge is 0.0820 e. The molecule has 0 nitrogen and oxygen atoms in total. The van der Waals surface area contributed by atoms with Crippen molar-refractivity contribution in [2.45, 2.75) is 0 Å². The second kappa shape index (κ2) is 6.83. The number of benzene rings is 5. The van der Waals surface area contributed by atoms with Gasteiger partial charge in [-0.1, -0.05) is 107 Å². The van der Waals surface area contributed by atoms with Crippen molar-refractivity contribution in [3.8, 4) is 11.1 Å². The number of hydrogen-bond donors (Lipinski definition) is 0. The summed E-state index contributed by atoms with van der Waals surface area (Å²) in [5.74, 6) is 0. The van der Waals surface area contributed by atoms with Crippen molar-refractivity contribution in [2.24, 2.45) is 0 Å². The minimum atomic E-state index is 0.277. The monoisotopic (exact) mass is 440 g/mol. The third kappa shape index (κ3) is 2.68. The van der Waals surface area contributed by atoms with E-state index >= 15 is 0 Å². The predicted molar refractivity (Wildman–Crippen MR) is 124 cm³/mol. The maximum atomic E-state index is 6.63. The van der Waals surface area contributed by atoms with Crippen molar-refractivity contribution in [1.29, 1.82) is 0 Å².